The number of aromatic nitrogens is 1. The van der Waals surface area contributed by atoms with Gasteiger partial charge in [0.15, 0.2) is 5.82 Å². The van der Waals surface area contributed by atoms with Crippen LogP contribution < -0.4 is 4.90 Å². The zero-order valence-corrected chi connectivity index (χ0v) is 9.52. The van der Waals surface area contributed by atoms with E-state index in [1.165, 1.54) is 0 Å². The number of nitrogens with zero attached hydrogens (tertiary/aromatic N) is 3. The molecule has 0 N–H and O–H groups in total. The number of amides is 1. The van der Waals surface area contributed by atoms with Crippen molar-refractivity contribution in [2.75, 3.05) is 17.2 Å². The van der Waals surface area contributed by atoms with Crippen LogP contribution in [-0.4, -0.2) is 23.2 Å². The summed E-state index contributed by atoms with van der Waals surface area (Å²) in [4.78, 5) is 17.4. The summed E-state index contributed by atoms with van der Waals surface area (Å²) in [6.07, 6.45) is 2.09. The monoisotopic (exact) mass is 233 g/mol. The van der Waals surface area contributed by atoms with Crippen LogP contribution in [0.3, 0.4) is 0 Å². The Kier molecular flexibility index (Phi) is 3.11. The third kappa shape index (κ3) is 1.89. The average molecular weight is 233 g/mol. The van der Waals surface area contributed by atoms with Crippen LogP contribution >= 0.6 is 12.6 Å². The van der Waals surface area contributed by atoms with E-state index < -0.39 is 0 Å². The molecule has 2 rings (SSSR count). The predicted octanol–water partition coefficient (Wildman–Crippen LogP) is 1.24. The van der Waals surface area contributed by atoms with Gasteiger partial charge < -0.3 is 0 Å². The molecule has 82 valence electrons. The molecular formula is C11H11N3OS. The molecule has 1 aliphatic rings. The summed E-state index contributed by atoms with van der Waals surface area (Å²) in [5, 5.41) is 8.95. The first kappa shape index (κ1) is 11.0. The number of thiol groups is 1. The second-order valence-corrected chi connectivity index (χ2v) is 4.11. The molecule has 0 aromatic carbocycles. The highest BCUT2D eigenvalue weighted by Crippen LogP contribution is 2.26. The first-order valence-corrected chi connectivity index (χ1v) is 5.66. The third-order valence-corrected chi connectivity index (χ3v) is 3.14. The summed E-state index contributed by atoms with van der Waals surface area (Å²) in [6.45, 7) is 0.605. The summed E-state index contributed by atoms with van der Waals surface area (Å²) < 4.78 is 0. The van der Waals surface area contributed by atoms with Crippen molar-refractivity contribution < 1.29 is 4.79 Å². The molecule has 5 heteroatoms. The van der Waals surface area contributed by atoms with Gasteiger partial charge in [-0.05, 0) is 23.8 Å². The van der Waals surface area contributed by atoms with Gasteiger partial charge in [-0.15, -0.1) is 0 Å². The molecule has 1 fully saturated rings. The van der Waals surface area contributed by atoms with Crippen molar-refractivity contribution in [3.05, 3.63) is 23.9 Å². The van der Waals surface area contributed by atoms with Crippen molar-refractivity contribution >= 4 is 24.4 Å². The Hall–Kier alpha value is -1.54. The second-order valence-electron chi connectivity index (χ2n) is 3.74. The molecule has 0 aliphatic carbocycles. The Morgan fingerprint density at radius 2 is 2.50 bits per heavy atom. The molecule has 2 heterocycles. The fourth-order valence-electron chi connectivity index (χ4n) is 1.81. The maximum atomic E-state index is 11.8. The van der Waals surface area contributed by atoms with Crippen LogP contribution in [0.1, 0.15) is 12.0 Å². The van der Waals surface area contributed by atoms with Crippen LogP contribution in [0.4, 0.5) is 5.82 Å². The lowest BCUT2D eigenvalue weighted by molar-refractivity contribution is -0.117. The van der Waals surface area contributed by atoms with Gasteiger partial charge in [-0.25, -0.2) is 4.98 Å². The van der Waals surface area contributed by atoms with E-state index in [9.17, 15) is 4.79 Å². The van der Waals surface area contributed by atoms with E-state index >= 15 is 0 Å². The van der Waals surface area contributed by atoms with Gasteiger partial charge in [0.2, 0.25) is 5.91 Å². The minimum atomic E-state index is 0.0225. The molecular weight excluding hydrogens is 222 g/mol. The van der Waals surface area contributed by atoms with E-state index in [0.717, 1.165) is 0 Å². The topological polar surface area (TPSA) is 57.0 Å². The van der Waals surface area contributed by atoms with Crippen molar-refractivity contribution in [1.29, 1.82) is 5.26 Å². The summed E-state index contributed by atoms with van der Waals surface area (Å²) in [6, 6.07) is 5.41. The Morgan fingerprint density at radius 3 is 3.12 bits per heavy atom. The van der Waals surface area contributed by atoms with Crippen LogP contribution in [0.2, 0.25) is 0 Å². The van der Waals surface area contributed by atoms with Gasteiger partial charge in [-0.3, -0.25) is 9.69 Å². The first-order chi connectivity index (χ1) is 7.76. The van der Waals surface area contributed by atoms with Gasteiger partial charge in [0.1, 0.15) is 6.07 Å². The van der Waals surface area contributed by atoms with Crippen LogP contribution in [0.15, 0.2) is 18.3 Å². The zero-order chi connectivity index (χ0) is 11.5. The second kappa shape index (κ2) is 4.54. The van der Waals surface area contributed by atoms with Gasteiger partial charge in [-0.2, -0.15) is 17.9 Å². The standard InChI is InChI=1S/C11H11N3OS/c12-5-9-2-1-3-13-11(9)14-6-8(7-16)4-10(14)15/h1-3,8,16H,4,6-7H2. The fourth-order valence-corrected chi connectivity index (χ4v) is 2.05. The van der Waals surface area contributed by atoms with Crippen molar-refractivity contribution in [2.45, 2.75) is 6.42 Å². The Balaban J connectivity index is 2.32. The van der Waals surface area contributed by atoms with Crippen LogP contribution in [0.25, 0.3) is 0 Å². The number of rotatable bonds is 2. The number of carbonyl (C=O) groups excluding carboxylic acids is 1. The molecule has 1 aromatic heterocycles. The Labute approximate surface area is 99.3 Å². The number of anilines is 1. The van der Waals surface area contributed by atoms with E-state index in [4.69, 9.17) is 5.26 Å². The van der Waals surface area contributed by atoms with Crippen LogP contribution in [0.5, 0.6) is 0 Å². The summed E-state index contributed by atoms with van der Waals surface area (Å²) in [5.74, 6) is 1.43. The van der Waals surface area contributed by atoms with Crippen molar-refractivity contribution in [1.82, 2.24) is 4.98 Å². The van der Waals surface area contributed by atoms with Crippen molar-refractivity contribution in [3.63, 3.8) is 0 Å². The Morgan fingerprint density at radius 1 is 1.69 bits per heavy atom. The number of carbonyl (C=O) groups is 1. The van der Waals surface area contributed by atoms with E-state index in [2.05, 4.69) is 23.7 Å². The SMILES string of the molecule is N#Cc1cccnc1N1CC(CS)CC1=O. The molecule has 0 radical (unpaired) electrons. The van der Waals surface area contributed by atoms with E-state index in [1.807, 2.05) is 0 Å². The van der Waals surface area contributed by atoms with E-state index in [1.54, 1.807) is 23.2 Å². The molecule has 4 nitrogen and oxygen atoms in total. The van der Waals surface area contributed by atoms with Gasteiger partial charge in [0, 0.05) is 19.2 Å². The fraction of sp³-hybridized carbons (Fsp3) is 0.364. The van der Waals surface area contributed by atoms with Gasteiger partial charge in [0.05, 0.1) is 5.56 Å². The molecule has 0 spiro atoms. The predicted molar refractivity (Wildman–Crippen MR) is 63.3 cm³/mol. The lowest BCUT2D eigenvalue weighted by Crippen LogP contribution is -2.26. The highest BCUT2D eigenvalue weighted by Gasteiger charge is 2.31. The summed E-state index contributed by atoms with van der Waals surface area (Å²) >= 11 is 4.19. The molecule has 1 amide bonds. The lowest BCUT2D eigenvalue weighted by Gasteiger charge is -2.16. The molecule has 1 atom stereocenters. The maximum Gasteiger partial charge on any atom is 0.228 e. The zero-order valence-electron chi connectivity index (χ0n) is 8.63. The lowest BCUT2D eigenvalue weighted by atomic mass is 10.1. The van der Waals surface area contributed by atoms with Gasteiger partial charge in [-0.1, -0.05) is 0 Å². The minimum absolute atomic E-state index is 0.0225. The highest BCUT2D eigenvalue weighted by atomic mass is 32.1. The Bertz CT molecular complexity index is 455. The molecule has 16 heavy (non-hydrogen) atoms. The normalized spacial score (nSPS) is 19.9. The van der Waals surface area contributed by atoms with E-state index in [-0.39, 0.29) is 11.8 Å². The third-order valence-electron chi connectivity index (χ3n) is 2.63. The highest BCUT2D eigenvalue weighted by molar-refractivity contribution is 7.80. The molecule has 0 bridgehead atoms. The van der Waals surface area contributed by atoms with Gasteiger partial charge in [0.25, 0.3) is 0 Å². The molecule has 0 saturated carbocycles. The molecule has 1 unspecified atom stereocenters. The van der Waals surface area contributed by atoms with Crippen LogP contribution in [0, 0.1) is 17.2 Å². The molecule has 1 aliphatic heterocycles. The first-order valence-electron chi connectivity index (χ1n) is 5.02. The maximum absolute atomic E-state index is 11.8. The largest absolute Gasteiger partial charge is 0.295 e. The van der Waals surface area contributed by atoms with Gasteiger partial charge >= 0.3 is 0 Å². The van der Waals surface area contributed by atoms with Crippen LogP contribution in [-0.2, 0) is 4.79 Å². The molecule has 1 saturated heterocycles. The quantitative estimate of drug-likeness (QED) is 0.782. The number of pyridine rings is 1. The summed E-state index contributed by atoms with van der Waals surface area (Å²) in [7, 11) is 0. The minimum Gasteiger partial charge on any atom is -0.295 e. The molecule has 1 aromatic rings. The summed E-state index contributed by atoms with van der Waals surface area (Å²) in [5.41, 5.74) is 0.440. The van der Waals surface area contributed by atoms with E-state index in [0.29, 0.717) is 30.1 Å². The average Bonchev–Trinajstić information content (AvgIpc) is 2.70. The number of hydrogen-bond acceptors (Lipinski definition) is 4. The van der Waals surface area contributed by atoms with Crippen molar-refractivity contribution in [2.24, 2.45) is 5.92 Å². The smallest absolute Gasteiger partial charge is 0.228 e. The van der Waals surface area contributed by atoms with Crippen molar-refractivity contribution in [3.8, 4) is 6.07 Å². The number of nitriles is 1. The number of hydrogen-bond donors (Lipinski definition) is 1.